The number of primary amides is 1. The minimum Gasteiger partial charge on any atom is -0.350 e. The van der Waals surface area contributed by atoms with Gasteiger partial charge in [-0.2, -0.15) is 0 Å². The van der Waals surface area contributed by atoms with Crippen molar-refractivity contribution in [3.8, 4) is 0 Å². The van der Waals surface area contributed by atoms with Crippen LogP contribution >= 0.6 is 0 Å². The quantitative estimate of drug-likeness (QED) is 0.419. The maximum absolute atomic E-state index is 9.62. The molecule has 2 N–H and O–H groups in total. The molecule has 34 valence electrons. The molecule has 0 saturated heterocycles. The normalized spacial score (nSPS) is 9.50. The summed E-state index contributed by atoms with van der Waals surface area (Å²) in [4.78, 5) is 12.8. The van der Waals surface area contributed by atoms with Gasteiger partial charge in [0.05, 0.1) is 0 Å². The molecule has 0 aliphatic heterocycles. The number of aliphatic imine (C=N–C) groups is 1. The lowest BCUT2D eigenvalue weighted by molar-refractivity contribution is 0.257. The third kappa shape index (κ3) is 3.14. The lowest BCUT2D eigenvalue weighted by atomic mass is 10.9. The molecule has 0 aromatic carbocycles. The van der Waals surface area contributed by atoms with Crippen LogP contribution in [0.5, 0.6) is 0 Å². The van der Waals surface area contributed by atoms with E-state index in [2.05, 4.69) is 10.7 Å². The van der Waals surface area contributed by atoms with Crippen molar-refractivity contribution in [2.24, 2.45) is 10.7 Å². The molecule has 0 aliphatic rings. The zero-order valence-corrected chi connectivity index (χ0v) is 3.51. The fourth-order valence-electron chi connectivity index (χ4n) is 0.127. The highest BCUT2D eigenvalue weighted by atomic mass is 16.2. The van der Waals surface area contributed by atoms with Crippen molar-refractivity contribution in [2.45, 2.75) is 6.92 Å². The Kier molecular flexibility index (Phi) is 2.04. The highest BCUT2D eigenvalue weighted by Crippen LogP contribution is 1.59. The minimum atomic E-state index is -0.641. The van der Waals surface area contributed by atoms with E-state index in [-0.39, 0.29) is 0 Å². The second-order valence-corrected chi connectivity index (χ2v) is 0.726. The standard InChI is InChI=1S/C3H6N2O/c1-2-5-3(4)6/h2H,1H3,(H2,4,6). The van der Waals surface area contributed by atoms with Gasteiger partial charge in [0.2, 0.25) is 0 Å². The Morgan fingerprint density at radius 3 is 2.50 bits per heavy atom. The van der Waals surface area contributed by atoms with Gasteiger partial charge in [-0.1, -0.05) is 0 Å². The second kappa shape index (κ2) is 2.38. The van der Waals surface area contributed by atoms with Gasteiger partial charge in [-0.15, -0.1) is 0 Å². The third-order valence-corrected chi connectivity index (χ3v) is 0.256. The molecular formula is C3H6N2O. The van der Waals surface area contributed by atoms with Gasteiger partial charge >= 0.3 is 6.03 Å². The monoisotopic (exact) mass is 86.0 g/mol. The molecule has 0 atom stereocenters. The van der Waals surface area contributed by atoms with Crippen molar-refractivity contribution in [2.75, 3.05) is 0 Å². The highest BCUT2D eigenvalue weighted by molar-refractivity contribution is 5.81. The van der Waals surface area contributed by atoms with E-state index < -0.39 is 6.03 Å². The topological polar surface area (TPSA) is 55.4 Å². The molecule has 0 heterocycles. The van der Waals surface area contributed by atoms with Crippen molar-refractivity contribution in [3.63, 3.8) is 0 Å². The molecule has 2 amide bonds. The van der Waals surface area contributed by atoms with E-state index in [0.29, 0.717) is 0 Å². The van der Waals surface area contributed by atoms with E-state index in [1.165, 1.54) is 6.21 Å². The number of amides is 2. The van der Waals surface area contributed by atoms with Crippen LogP contribution in [0.15, 0.2) is 4.99 Å². The molecule has 0 aromatic heterocycles. The minimum absolute atomic E-state index is 0.641. The first-order chi connectivity index (χ1) is 2.77. The average molecular weight is 86.1 g/mol. The van der Waals surface area contributed by atoms with Crippen LogP contribution in [0.4, 0.5) is 4.79 Å². The van der Waals surface area contributed by atoms with Crippen molar-refractivity contribution >= 4 is 12.2 Å². The number of hydrogen-bond donors (Lipinski definition) is 1. The van der Waals surface area contributed by atoms with Crippen molar-refractivity contribution < 1.29 is 4.79 Å². The first kappa shape index (κ1) is 5.14. The molecular weight excluding hydrogens is 80.0 g/mol. The smallest absolute Gasteiger partial charge is 0.337 e. The Morgan fingerprint density at radius 2 is 2.50 bits per heavy atom. The predicted octanol–water partition coefficient (Wildman–Crippen LogP) is 0.156. The van der Waals surface area contributed by atoms with E-state index in [4.69, 9.17) is 0 Å². The number of rotatable bonds is 0. The molecule has 0 saturated carbocycles. The van der Waals surface area contributed by atoms with Gasteiger partial charge < -0.3 is 5.73 Å². The molecule has 0 unspecified atom stereocenters. The zero-order chi connectivity index (χ0) is 4.99. The summed E-state index contributed by atoms with van der Waals surface area (Å²) in [6, 6.07) is -0.641. The van der Waals surface area contributed by atoms with Crippen LogP contribution in [0, 0.1) is 0 Å². The van der Waals surface area contributed by atoms with E-state index in [1.54, 1.807) is 6.92 Å². The summed E-state index contributed by atoms with van der Waals surface area (Å²) in [5, 5.41) is 0. The first-order valence-corrected chi connectivity index (χ1v) is 1.55. The molecule has 0 rings (SSSR count). The fraction of sp³-hybridized carbons (Fsp3) is 0.333. The summed E-state index contributed by atoms with van der Waals surface area (Å²) in [6.07, 6.45) is 1.35. The number of urea groups is 1. The molecule has 0 fully saturated rings. The molecule has 0 spiro atoms. The molecule has 0 bridgehead atoms. The van der Waals surface area contributed by atoms with E-state index >= 15 is 0 Å². The number of nitrogens with two attached hydrogens (primary N) is 1. The summed E-state index contributed by atoms with van der Waals surface area (Å²) in [5.74, 6) is 0. The second-order valence-electron chi connectivity index (χ2n) is 0.726. The lowest BCUT2D eigenvalue weighted by Gasteiger charge is -1.70. The zero-order valence-electron chi connectivity index (χ0n) is 3.51. The first-order valence-electron chi connectivity index (χ1n) is 1.55. The number of nitrogens with zero attached hydrogens (tertiary/aromatic N) is 1. The Morgan fingerprint density at radius 1 is 2.00 bits per heavy atom. The van der Waals surface area contributed by atoms with Crippen LogP contribution in [0.3, 0.4) is 0 Å². The van der Waals surface area contributed by atoms with Gasteiger partial charge in [-0.3, -0.25) is 0 Å². The fourth-order valence-corrected chi connectivity index (χ4v) is 0.127. The number of hydrogen-bond acceptors (Lipinski definition) is 1. The van der Waals surface area contributed by atoms with Gasteiger partial charge in [-0.25, -0.2) is 9.79 Å². The van der Waals surface area contributed by atoms with E-state index in [9.17, 15) is 4.79 Å². The summed E-state index contributed by atoms with van der Waals surface area (Å²) in [7, 11) is 0. The largest absolute Gasteiger partial charge is 0.350 e. The van der Waals surface area contributed by atoms with Gasteiger partial charge in [0.25, 0.3) is 0 Å². The molecule has 0 aliphatic carbocycles. The predicted molar refractivity (Wildman–Crippen MR) is 23.7 cm³/mol. The van der Waals surface area contributed by atoms with Crippen LogP contribution in [0.1, 0.15) is 6.92 Å². The number of carbonyl (C=O) groups is 1. The van der Waals surface area contributed by atoms with Crippen LogP contribution in [-0.2, 0) is 0 Å². The Balaban J connectivity index is 3.30. The SMILES string of the molecule is CC=NC(N)=O. The summed E-state index contributed by atoms with van der Waals surface area (Å²) >= 11 is 0. The van der Waals surface area contributed by atoms with Gasteiger partial charge in [0, 0.05) is 6.21 Å². The van der Waals surface area contributed by atoms with Crippen LogP contribution in [0.25, 0.3) is 0 Å². The van der Waals surface area contributed by atoms with Gasteiger partial charge in [-0.05, 0) is 6.92 Å². The van der Waals surface area contributed by atoms with Crippen LogP contribution < -0.4 is 5.73 Å². The highest BCUT2D eigenvalue weighted by Gasteiger charge is 1.74. The summed E-state index contributed by atoms with van der Waals surface area (Å²) < 4.78 is 0. The Hall–Kier alpha value is -0.860. The average Bonchev–Trinajstić information content (AvgIpc) is 1.35. The molecule has 3 heteroatoms. The molecule has 6 heavy (non-hydrogen) atoms. The maximum Gasteiger partial charge on any atom is 0.337 e. The summed E-state index contributed by atoms with van der Waals surface area (Å²) in [6.45, 7) is 1.63. The Bertz CT molecular complexity index is 76.9. The maximum atomic E-state index is 9.62. The van der Waals surface area contributed by atoms with E-state index in [1.807, 2.05) is 0 Å². The van der Waals surface area contributed by atoms with E-state index in [0.717, 1.165) is 0 Å². The number of carbonyl (C=O) groups excluding carboxylic acids is 1. The van der Waals surface area contributed by atoms with Gasteiger partial charge in [0.15, 0.2) is 0 Å². The Labute approximate surface area is 35.9 Å². The van der Waals surface area contributed by atoms with Crippen molar-refractivity contribution in [1.29, 1.82) is 0 Å². The van der Waals surface area contributed by atoms with Crippen molar-refractivity contribution in [1.82, 2.24) is 0 Å². The lowest BCUT2D eigenvalue weighted by Crippen LogP contribution is -2.02. The molecule has 3 nitrogen and oxygen atoms in total. The third-order valence-electron chi connectivity index (χ3n) is 0.256. The summed E-state index contributed by atoms with van der Waals surface area (Å²) in [5.41, 5.74) is 4.57. The van der Waals surface area contributed by atoms with Crippen molar-refractivity contribution in [3.05, 3.63) is 0 Å². The van der Waals surface area contributed by atoms with Gasteiger partial charge in [0.1, 0.15) is 0 Å². The molecule has 0 aromatic rings. The van der Waals surface area contributed by atoms with Crippen LogP contribution in [0.2, 0.25) is 0 Å². The van der Waals surface area contributed by atoms with Crippen LogP contribution in [-0.4, -0.2) is 12.2 Å². The molecule has 0 radical (unpaired) electrons.